The summed E-state index contributed by atoms with van der Waals surface area (Å²) in [7, 11) is 0. The van der Waals surface area contributed by atoms with Crippen molar-refractivity contribution in [3.8, 4) is 17.6 Å². The topological polar surface area (TPSA) is 57.9 Å². The van der Waals surface area contributed by atoms with Gasteiger partial charge in [0.25, 0.3) is 0 Å². The lowest BCUT2D eigenvalue weighted by molar-refractivity contribution is 0.477. The maximum absolute atomic E-state index is 8.87. The standard InChI is InChI=1S/C17H19N3O/c1-3-9-19-13(2)17-8-7-16(12-20-17)21-15-6-4-5-14(10-15)11-18/h4-8,10,12-13,19H,3,9H2,1-2H3. The third-order valence-electron chi connectivity index (χ3n) is 3.10. The van der Waals surface area contributed by atoms with E-state index in [4.69, 9.17) is 10.00 Å². The molecule has 1 aromatic carbocycles. The average molecular weight is 281 g/mol. The lowest BCUT2D eigenvalue weighted by Crippen LogP contribution is -2.20. The summed E-state index contributed by atoms with van der Waals surface area (Å²) in [6.07, 6.45) is 2.80. The molecule has 0 aliphatic rings. The summed E-state index contributed by atoms with van der Waals surface area (Å²) in [6, 6.07) is 13.2. The molecule has 1 heterocycles. The lowest BCUT2D eigenvalue weighted by atomic mass is 10.2. The van der Waals surface area contributed by atoms with Crippen molar-refractivity contribution in [1.29, 1.82) is 5.26 Å². The number of nitrogens with zero attached hydrogens (tertiary/aromatic N) is 2. The van der Waals surface area contributed by atoms with Gasteiger partial charge in [0.1, 0.15) is 11.5 Å². The van der Waals surface area contributed by atoms with Gasteiger partial charge in [0.05, 0.1) is 23.5 Å². The van der Waals surface area contributed by atoms with Crippen LogP contribution in [0.3, 0.4) is 0 Å². The van der Waals surface area contributed by atoms with Crippen LogP contribution in [0.25, 0.3) is 0 Å². The van der Waals surface area contributed by atoms with Crippen LogP contribution in [0.1, 0.15) is 37.6 Å². The normalized spacial score (nSPS) is 11.7. The largest absolute Gasteiger partial charge is 0.456 e. The smallest absolute Gasteiger partial charge is 0.145 e. The number of nitrogens with one attached hydrogen (secondary N) is 1. The fraction of sp³-hybridized carbons (Fsp3) is 0.294. The Morgan fingerprint density at radius 3 is 2.81 bits per heavy atom. The van der Waals surface area contributed by atoms with Crippen LogP contribution in [0.5, 0.6) is 11.5 Å². The molecule has 21 heavy (non-hydrogen) atoms. The Bertz CT molecular complexity index is 617. The number of benzene rings is 1. The predicted octanol–water partition coefficient (Wildman–Crippen LogP) is 3.81. The van der Waals surface area contributed by atoms with E-state index in [9.17, 15) is 0 Å². The first-order valence-corrected chi connectivity index (χ1v) is 7.10. The van der Waals surface area contributed by atoms with Gasteiger partial charge in [-0.05, 0) is 50.2 Å². The van der Waals surface area contributed by atoms with Gasteiger partial charge in [0.15, 0.2) is 0 Å². The zero-order valence-electron chi connectivity index (χ0n) is 12.3. The molecule has 0 spiro atoms. The van der Waals surface area contributed by atoms with Crippen molar-refractivity contribution in [2.75, 3.05) is 6.54 Å². The molecule has 1 aromatic heterocycles. The van der Waals surface area contributed by atoms with Crippen LogP contribution >= 0.6 is 0 Å². The van der Waals surface area contributed by atoms with Gasteiger partial charge in [0, 0.05) is 6.04 Å². The predicted molar refractivity (Wildman–Crippen MR) is 82.2 cm³/mol. The molecule has 2 rings (SSSR count). The molecule has 0 aliphatic carbocycles. The maximum atomic E-state index is 8.87. The molecule has 1 N–H and O–H groups in total. The quantitative estimate of drug-likeness (QED) is 0.874. The Balaban J connectivity index is 2.03. The summed E-state index contributed by atoms with van der Waals surface area (Å²) >= 11 is 0. The minimum Gasteiger partial charge on any atom is -0.456 e. The highest BCUT2D eigenvalue weighted by molar-refractivity contribution is 5.38. The van der Waals surface area contributed by atoms with Gasteiger partial charge in [-0.1, -0.05) is 13.0 Å². The van der Waals surface area contributed by atoms with Gasteiger partial charge in [-0.2, -0.15) is 5.26 Å². The number of ether oxygens (including phenoxy) is 1. The first-order valence-electron chi connectivity index (χ1n) is 7.10. The van der Waals surface area contributed by atoms with E-state index in [1.165, 1.54) is 0 Å². The van der Waals surface area contributed by atoms with Crippen molar-refractivity contribution in [3.63, 3.8) is 0 Å². The van der Waals surface area contributed by atoms with Gasteiger partial charge in [0.2, 0.25) is 0 Å². The zero-order valence-corrected chi connectivity index (χ0v) is 12.3. The molecule has 1 atom stereocenters. The number of rotatable bonds is 6. The van der Waals surface area contributed by atoms with Crippen LogP contribution in [0.4, 0.5) is 0 Å². The van der Waals surface area contributed by atoms with Gasteiger partial charge >= 0.3 is 0 Å². The van der Waals surface area contributed by atoms with Gasteiger partial charge in [-0.3, -0.25) is 4.98 Å². The Hall–Kier alpha value is -2.38. The second-order valence-electron chi connectivity index (χ2n) is 4.84. The molecule has 4 heteroatoms. The third kappa shape index (κ3) is 4.30. The minimum absolute atomic E-state index is 0.223. The van der Waals surface area contributed by atoms with Crippen molar-refractivity contribution in [3.05, 3.63) is 53.9 Å². The van der Waals surface area contributed by atoms with E-state index in [-0.39, 0.29) is 6.04 Å². The SMILES string of the molecule is CCCNC(C)c1ccc(Oc2cccc(C#N)c2)cn1. The molecule has 0 saturated carbocycles. The Kier molecular flexibility index (Phi) is 5.30. The highest BCUT2D eigenvalue weighted by Gasteiger charge is 2.06. The van der Waals surface area contributed by atoms with Crippen LogP contribution in [-0.2, 0) is 0 Å². The van der Waals surface area contributed by atoms with Crippen molar-refractivity contribution >= 4 is 0 Å². The fourth-order valence-corrected chi connectivity index (χ4v) is 1.94. The molecule has 0 radical (unpaired) electrons. The van der Waals surface area contributed by atoms with Gasteiger partial charge < -0.3 is 10.1 Å². The first-order chi connectivity index (χ1) is 10.2. The highest BCUT2D eigenvalue weighted by atomic mass is 16.5. The molecule has 0 fully saturated rings. The van der Waals surface area contributed by atoms with E-state index >= 15 is 0 Å². The van der Waals surface area contributed by atoms with Gasteiger partial charge in [-0.25, -0.2) is 0 Å². The molecule has 4 nitrogen and oxygen atoms in total. The third-order valence-corrected chi connectivity index (χ3v) is 3.10. The highest BCUT2D eigenvalue weighted by Crippen LogP contribution is 2.22. The van der Waals surface area contributed by atoms with Crippen LogP contribution in [0.2, 0.25) is 0 Å². The van der Waals surface area contributed by atoms with E-state index in [1.54, 1.807) is 24.4 Å². The molecule has 0 aliphatic heterocycles. The molecule has 1 unspecified atom stereocenters. The summed E-state index contributed by atoms with van der Waals surface area (Å²) in [6.45, 7) is 5.20. The summed E-state index contributed by atoms with van der Waals surface area (Å²) in [5.74, 6) is 1.30. The maximum Gasteiger partial charge on any atom is 0.145 e. The second kappa shape index (κ2) is 7.41. The second-order valence-corrected chi connectivity index (χ2v) is 4.84. The zero-order chi connectivity index (χ0) is 15.1. The Morgan fingerprint density at radius 1 is 1.29 bits per heavy atom. The van der Waals surface area contributed by atoms with E-state index in [1.807, 2.05) is 18.2 Å². The molecular formula is C17H19N3O. The van der Waals surface area contributed by atoms with Crippen LogP contribution < -0.4 is 10.1 Å². The summed E-state index contributed by atoms with van der Waals surface area (Å²) in [4.78, 5) is 4.42. The summed E-state index contributed by atoms with van der Waals surface area (Å²) in [5, 5.41) is 12.3. The fourth-order valence-electron chi connectivity index (χ4n) is 1.94. The van der Waals surface area contributed by atoms with E-state index in [0.717, 1.165) is 18.7 Å². The number of hydrogen-bond acceptors (Lipinski definition) is 4. The number of pyridine rings is 1. The summed E-state index contributed by atoms with van der Waals surface area (Å²) < 4.78 is 5.70. The first kappa shape index (κ1) is 15.0. The van der Waals surface area contributed by atoms with E-state index in [0.29, 0.717) is 17.1 Å². The average Bonchev–Trinajstić information content (AvgIpc) is 2.53. The molecule has 0 bridgehead atoms. The summed E-state index contributed by atoms with van der Waals surface area (Å²) in [5.41, 5.74) is 1.57. The number of nitriles is 1. The molecular weight excluding hydrogens is 262 g/mol. The molecule has 2 aromatic rings. The Morgan fingerprint density at radius 2 is 2.14 bits per heavy atom. The minimum atomic E-state index is 0.223. The van der Waals surface area contributed by atoms with Crippen LogP contribution in [0, 0.1) is 11.3 Å². The van der Waals surface area contributed by atoms with E-state index < -0.39 is 0 Å². The molecule has 0 amide bonds. The number of aromatic nitrogens is 1. The van der Waals surface area contributed by atoms with Crippen molar-refractivity contribution in [2.24, 2.45) is 0 Å². The van der Waals surface area contributed by atoms with Crippen LogP contribution in [-0.4, -0.2) is 11.5 Å². The molecule has 0 saturated heterocycles. The van der Waals surface area contributed by atoms with Crippen molar-refractivity contribution in [1.82, 2.24) is 10.3 Å². The van der Waals surface area contributed by atoms with Crippen molar-refractivity contribution < 1.29 is 4.74 Å². The number of hydrogen-bond donors (Lipinski definition) is 1. The Labute approximate surface area is 125 Å². The molecule has 108 valence electrons. The monoisotopic (exact) mass is 281 g/mol. The van der Waals surface area contributed by atoms with Crippen molar-refractivity contribution in [2.45, 2.75) is 26.3 Å². The van der Waals surface area contributed by atoms with E-state index in [2.05, 4.69) is 30.2 Å². The van der Waals surface area contributed by atoms with Crippen LogP contribution in [0.15, 0.2) is 42.6 Å². The van der Waals surface area contributed by atoms with Gasteiger partial charge in [-0.15, -0.1) is 0 Å². The lowest BCUT2D eigenvalue weighted by Gasteiger charge is -2.13.